The molecule has 0 fully saturated rings. The molecule has 1 unspecified atom stereocenters. The van der Waals surface area contributed by atoms with Gasteiger partial charge in [0.1, 0.15) is 5.82 Å². The van der Waals surface area contributed by atoms with Crippen LogP contribution in [0.4, 0.5) is 10.1 Å². The minimum absolute atomic E-state index is 0.00284. The summed E-state index contributed by atoms with van der Waals surface area (Å²) < 4.78 is 15.0. The third-order valence-corrected chi connectivity index (χ3v) is 3.59. The second-order valence-electron chi connectivity index (χ2n) is 5.23. The van der Waals surface area contributed by atoms with E-state index < -0.39 is 0 Å². The number of hydrogen-bond donors (Lipinski definition) is 1. The number of aryl methyl sites for hydroxylation is 2. The molecule has 0 amide bonds. The molecule has 0 aliphatic carbocycles. The van der Waals surface area contributed by atoms with Crippen molar-refractivity contribution in [3.05, 3.63) is 53.6 Å². The summed E-state index contributed by atoms with van der Waals surface area (Å²) in [6.45, 7) is 3.96. The summed E-state index contributed by atoms with van der Waals surface area (Å²) in [5, 5.41) is 8.73. The lowest BCUT2D eigenvalue weighted by molar-refractivity contribution is 0.623. The first-order valence-corrected chi connectivity index (χ1v) is 6.86. The highest BCUT2D eigenvalue weighted by atomic mass is 19.1. The Hall–Kier alpha value is -2.43. The Labute approximate surface area is 122 Å². The van der Waals surface area contributed by atoms with Crippen molar-refractivity contribution in [1.29, 1.82) is 0 Å². The van der Waals surface area contributed by atoms with Crippen molar-refractivity contribution in [1.82, 2.24) is 14.8 Å². The van der Waals surface area contributed by atoms with Gasteiger partial charge in [-0.1, -0.05) is 12.1 Å². The molecule has 0 saturated carbocycles. The third-order valence-electron chi connectivity index (χ3n) is 3.59. The largest absolute Gasteiger partial charge is 0.377 e. The van der Waals surface area contributed by atoms with Crippen LogP contribution in [0.1, 0.15) is 24.2 Å². The summed E-state index contributed by atoms with van der Waals surface area (Å²) in [4.78, 5) is 4.43. The van der Waals surface area contributed by atoms with Crippen LogP contribution in [0, 0.1) is 12.7 Å². The molecule has 108 valence electrons. The Morgan fingerprint density at radius 1 is 1.29 bits per heavy atom. The zero-order valence-electron chi connectivity index (χ0n) is 12.3. The van der Waals surface area contributed by atoms with Gasteiger partial charge < -0.3 is 5.32 Å². The van der Waals surface area contributed by atoms with E-state index in [9.17, 15) is 4.39 Å². The van der Waals surface area contributed by atoms with Gasteiger partial charge in [0.2, 0.25) is 0 Å². The van der Waals surface area contributed by atoms with Gasteiger partial charge in [0.05, 0.1) is 17.6 Å². The highest BCUT2D eigenvalue weighted by Crippen LogP contribution is 2.23. The fourth-order valence-corrected chi connectivity index (χ4v) is 2.50. The van der Waals surface area contributed by atoms with Crippen LogP contribution in [0.5, 0.6) is 0 Å². The van der Waals surface area contributed by atoms with Gasteiger partial charge in [-0.15, -0.1) is 0 Å². The van der Waals surface area contributed by atoms with Gasteiger partial charge in [0, 0.05) is 18.5 Å². The van der Waals surface area contributed by atoms with Gasteiger partial charge in [-0.3, -0.25) is 4.68 Å². The van der Waals surface area contributed by atoms with Crippen LogP contribution < -0.4 is 5.32 Å². The summed E-state index contributed by atoms with van der Waals surface area (Å²) in [6, 6.07) is 8.64. The number of nitrogens with zero attached hydrogens (tertiary/aromatic N) is 3. The second-order valence-corrected chi connectivity index (χ2v) is 5.23. The van der Waals surface area contributed by atoms with Crippen molar-refractivity contribution >= 4 is 16.7 Å². The Morgan fingerprint density at radius 2 is 2.10 bits per heavy atom. The van der Waals surface area contributed by atoms with Crippen molar-refractivity contribution in [2.45, 2.75) is 19.9 Å². The standard InChI is InChI=1S/C16H17FN4/c1-10(12-5-4-6-13(17)7-12)19-14-8-15-11(2)20-21(3)16(15)18-9-14/h4-10,19H,1-3H3. The minimum Gasteiger partial charge on any atom is -0.377 e. The normalized spacial score (nSPS) is 12.6. The summed E-state index contributed by atoms with van der Waals surface area (Å²) in [5.74, 6) is -0.224. The molecule has 0 aliphatic heterocycles. The van der Waals surface area contributed by atoms with Crippen molar-refractivity contribution < 1.29 is 4.39 Å². The molecule has 1 N–H and O–H groups in total. The number of hydrogen-bond acceptors (Lipinski definition) is 3. The number of benzene rings is 1. The SMILES string of the molecule is Cc1nn(C)c2ncc(NC(C)c3cccc(F)c3)cc12. The van der Waals surface area contributed by atoms with Gasteiger partial charge in [-0.05, 0) is 37.6 Å². The van der Waals surface area contributed by atoms with E-state index in [1.165, 1.54) is 6.07 Å². The Morgan fingerprint density at radius 3 is 2.86 bits per heavy atom. The number of halogens is 1. The summed E-state index contributed by atoms with van der Waals surface area (Å²) >= 11 is 0. The molecule has 4 nitrogen and oxygen atoms in total. The van der Waals surface area contributed by atoms with Gasteiger partial charge in [0.15, 0.2) is 5.65 Å². The predicted molar refractivity (Wildman–Crippen MR) is 81.7 cm³/mol. The van der Waals surface area contributed by atoms with E-state index in [-0.39, 0.29) is 11.9 Å². The topological polar surface area (TPSA) is 42.7 Å². The van der Waals surface area contributed by atoms with Crippen molar-refractivity contribution in [2.75, 3.05) is 5.32 Å². The van der Waals surface area contributed by atoms with E-state index in [0.29, 0.717) is 0 Å². The van der Waals surface area contributed by atoms with E-state index in [2.05, 4.69) is 15.4 Å². The molecule has 1 aromatic carbocycles. The third kappa shape index (κ3) is 2.59. The molecule has 5 heteroatoms. The number of nitrogens with one attached hydrogen (secondary N) is 1. The van der Waals surface area contributed by atoms with E-state index in [4.69, 9.17) is 0 Å². The van der Waals surface area contributed by atoms with E-state index in [1.54, 1.807) is 23.0 Å². The average molecular weight is 284 g/mol. The van der Waals surface area contributed by atoms with Crippen molar-refractivity contribution in [2.24, 2.45) is 7.05 Å². The molecule has 0 saturated heterocycles. The fraction of sp³-hybridized carbons (Fsp3) is 0.250. The molecule has 2 aromatic heterocycles. The zero-order chi connectivity index (χ0) is 15.0. The predicted octanol–water partition coefficient (Wildman–Crippen LogP) is 3.59. The molecule has 21 heavy (non-hydrogen) atoms. The molecule has 2 heterocycles. The van der Waals surface area contributed by atoms with Crippen LogP contribution in [-0.4, -0.2) is 14.8 Å². The van der Waals surface area contributed by atoms with Crippen LogP contribution in [0.2, 0.25) is 0 Å². The highest BCUT2D eigenvalue weighted by Gasteiger charge is 2.10. The highest BCUT2D eigenvalue weighted by molar-refractivity contribution is 5.81. The maximum absolute atomic E-state index is 13.3. The molecule has 1 atom stereocenters. The number of rotatable bonds is 3. The van der Waals surface area contributed by atoms with Crippen LogP contribution in [0.3, 0.4) is 0 Å². The second kappa shape index (κ2) is 5.16. The summed E-state index contributed by atoms with van der Waals surface area (Å²) in [7, 11) is 1.88. The maximum Gasteiger partial charge on any atom is 0.157 e. The monoisotopic (exact) mass is 284 g/mol. The van der Waals surface area contributed by atoms with Crippen molar-refractivity contribution in [3.8, 4) is 0 Å². The van der Waals surface area contributed by atoms with Gasteiger partial charge >= 0.3 is 0 Å². The van der Waals surface area contributed by atoms with Crippen LogP contribution in [0.15, 0.2) is 36.5 Å². The minimum atomic E-state index is -0.224. The quantitative estimate of drug-likeness (QED) is 0.799. The van der Waals surface area contributed by atoms with E-state index >= 15 is 0 Å². The van der Waals surface area contributed by atoms with Gasteiger partial charge in [-0.2, -0.15) is 5.10 Å². The summed E-state index contributed by atoms with van der Waals surface area (Å²) in [5.41, 5.74) is 3.60. The lowest BCUT2D eigenvalue weighted by atomic mass is 10.1. The van der Waals surface area contributed by atoms with Gasteiger partial charge in [0.25, 0.3) is 0 Å². The Kier molecular flexibility index (Phi) is 3.33. The number of aromatic nitrogens is 3. The molecular weight excluding hydrogens is 267 g/mol. The molecular formula is C16H17FN4. The number of anilines is 1. The number of pyridine rings is 1. The molecule has 3 aromatic rings. The maximum atomic E-state index is 13.3. The fourth-order valence-electron chi connectivity index (χ4n) is 2.50. The molecule has 3 rings (SSSR count). The molecule has 0 spiro atoms. The zero-order valence-corrected chi connectivity index (χ0v) is 12.3. The van der Waals surface area contributed by atoms with E-state index in [0.717, 1.165) is 28.0 Å². The first-order chi connectivity index (χ1) is 10.0. The first kappa shape index (κ1) is 13.5. The van der Waals surface area contributed by atoms with Crippen molar-refractivity contribution in [3.63, 3.8) is 0 Å². The smallest absolute Gasteiger partial charge is 0.157 e. The van der Waals surface area contributed by atoms with Crippen LogP contribution in [-0.2, 0) is 7.05 Å². The molecule has 0 aliphatic rings. The van der Waals surface area contributed by atoms with Crippen LogP contribution in [0.25, 0.3) is 11.0 Å². The summed E-state index contributed by atoms with van der Waals surface area (Å²) in [6.07, 6.45) is 1.78. The lowest BCUT2D eigenvalue weighted by Crippen LogP contribution is -2.07. The Balaban J connectivity index is 1.89. The molecule has 0 radical (unpaired) electrons. The lowest BCUT2D eigenvalue weighted by Gasteiger charge is -2.15. The molecule has 0 bridgehead atoms. The van der Waals surface area contributed by atoms with Gasteiger partial charge in [-0.25, -0.2) is 9.37 Å². The van der Waals surface area contributed by atoms with E-state index in [1.807, 2.05) is 33.0 Å². The van der Waals surface area contributed by atoms with Crippen LogP contribution >= 0.6 is 0 Å². The number of fused-ring (bicyclic) bond motifs is 1. The Bertz CT molecular complexity index is 794. The first-order valence-electron chi connectivity index (χ1n) is 6.86. The average Bonchev–Trinajstić information content (AvgIpc) is 2.74.